The van der Waals surface area contributed by atoms with Gasteiger partial charge in [-0.25, -0.2) is 0 Å². The standard InChI is InChI=1S/C14H25BN2O4/c1-10(18)8-12-5-6-13(15(20)21-12)17-14(19)9-11-4-2-3-7-16-11/h11-13,16,20H,2-9H2,1H3,(H,17,19)/t11-,12+,13+/m1/s1. The van der Waals surface area contributed by atoms with Gasteiger partial charge in [-0.05, 0) is 39.2 Å². The first-order chi connectivity index (χ1) is 10.0. The topological polar surface area (TPSA) is 87.7 Å². The Bertz CT molecular complexity index is 374. The fraction of sp³-hybridized carbons (Fsp3) is 0.857. The van der Waals surface area contributed by atoms with Crippen LogP contribution in [0.2, 0.25) is 0 Å². The summed E-state index contributed by atoms with van der Waals surface area (Å²) < 4.78 is 5.40. The summed E-state index contributed by atoms with van der Waals surface area (Å²) >= 11 is 0. The smallest absolute Gasteiger partial charge is 0.426 e. The highest BCUT2D eigenvalue weighted by molar-refractivity contribution is 6.45. The van der Waals surface area contributed by atoms with Gasteiger partial charge in [0.1, 0.15) is 5.78 Å². The highest BCUT2D eigenvalue weighted by Gasteiger charge is 2.36. The molecule has 0 aromatic heterocycles. The Morgan fingerprint density at radius 1 is 1.29 bits per heavy atom. The molecule has 2 aliphatic heterocycles. The number of carbonyl (C=O) groups excluding carboxylic acids is 2. The Morgan fingerprint density at radius 3 is 2.71 bits per heavy atom. The molecule has 1 amide bonds. The molecular weight excluding hydrogens is 271 g/mol. The maximum absolute atomic E-state index is 12.0. The summed E-state index contributed by atoms with van der Waals surface area (Å²) in [5.74, 6) is -0.366. The van der Waals surface area contributed by atoms with E-state index in [0.717, 1.165) is 19.4 Å². The molecule has 2 heterocycles. The van der Waals surface area contributed by atoms with E-state index in [2.05, 4.69) is 10.6 Å². The Kier molecular flexibility index (Phi) is 6.20. The molecule has 0 bridgehead atoms. The van der Waals surface area contributed by atoms with Gasteiger partial charge in [0.2, 0.25) is 5.91 Å². The second-order valence-electron chi connectivity index (χ2n) is 6.16. The van der Waals surface area contributed by atoms with Gasteiger partial charge in [-0.1, -0.05) is 6.42 Å². The van der Waals surface area contributed by atoms with E-state index in [1.165, 1.54) is 13.3 Å². The van der Waals surface area contributed by atoms with Gasteiger partial charge >= 0.3 is 7.12 Å². The minimum Gasteiger partial charge on any atom is -0.426 e. The molecule has 7 heteroatoms. The van der Waals surface area contributed by atoms with Crippen molar-refractivity contribution < 1.29 is 19.3 Å². The van der Waals surface area contributed by atoms with Crippen molar-refractivity contribution in [2.24, 2.45) is 0 Å². The van der Waals surface area contributed by atoms with Gasteiger partial charge in [0.25, 0.3) is 0 Å². The highest BCUT2D eigenvalue weighted by Crippen LogP contribution is 2.19. The van der Waals surface area contributed by atoms with E-state index in [9.17, 15) is 14.6 Å². The Labute approximate surface area is 126 Å². The average molecular weight is 296 g/mol. The molecule has 118 valence electrons. The molecule has 3 atom stereocenters. The third-order valence-electron chi connectivity index (χ3n) is 4.18. The van der Waals surface area contributed by atoms with E-state index < -0.39 is 7.12 Å². The van der Waals surface area contributed by atoms with Crippen LogP contribution in [0.5, 0.6) is 0 Å². The van der Waals surface area contributed by atoms with Crippen molar-refractivity contribution in [3.8, 4) is 0 Å². The number of rotatable bonds is 5. The zero-order valence-electron chi connectivity index (χ0n) is 12.6. The lowest BCUT2D eigenvalue weighted by Crippen LogP contribution is -2.53. The fourth-order valence-electron chi connectivity index (χ4n) is 3.07. The van der Waals surface area contributed by atoms with Gasteiger partial charge in [0.15, 0.2) is 0 Å². The molecule has 3 N–H and O–H groups in total. The third-order valence-corrected chi connectivity index (χ3v) is 4.18. The predicted molar refractivity (Wildman–Crippen MR) is 79.6 cm³/mol. The number of hydrogen-bond acceptors (Lipinski definition) is 5. The minimum absolute atomic E-state index is 0.0490. The van der Waals surface area contributed by atoms with Crippen LogP contribution in [0, 0.1) is 0 Å². The van der Waals surface area contributed by atoms with E-state index in [4.69, 9.17) is 4.65 Å². The summed E-state index contributed by atoms with van der Waals surface area (Å²) in [6.45, 7) is 2.49. The molecule has 0 aromatic carbocycles. The molecule has 0 aliphatic carbocycles. The second-order valence-corrected chi connectivity index (χ2v) is 6.16. The van der Waals surface area contributed by atoms with Crippen molar-refractivity contribution in [1.82, 2.24) is 10.6 Å². The number of hydrogen-bond donors (Lipinski definition) is 3. The van der Waals surface area contributed by atoms with Crippen LogP contribution in [0.15, 0.2) is 0 Å². The molecule has 2 saturated heterocycles. The predicted octanol–water partition coefficient (Wildman–Crippen LogP) is 0.181. The van der Waals surface area contributed by atoms with Crippen LogP contribution < -0.4 is 10.6 Å². The molecule has 0 radical (unpaired) electrons. The molecule has 2 rings (SSSR count). The van der Waals surface area contributed by atoms with E-state index in [1.807, 2.05) is 0 Å². The van der Waals surface area contributed by atoms with Crippen molar-refractivity contribution in [1.29, 1.82) is 0 Å². The number of ketones is 1. The summed E-state index contributed by atoms with van der Waals surface area (Å²) in [7, 11) is -1.02. The molecule has 0 spiro atoms. The van der Waals surface area contributed by atoms with Crippen LogP contribution in [0.4, 0.5) is 0 Å². The van der Waals surface area contributed by atoms with Crippen molar-refractivity contribution >= 4 is 18.8 Å². The summed E-state index contributed by atoms with van der Waals surface area (Å²) in [5.41, 5.74) is 0. The maximum atomic E-state index is 12.0. The third kappa shape index (κ3) is 5.41. The van der Waals surface area contributed by atoms with E-state index in [1.54, 1.807) is 0 Å². The minimum atomic E-state index is -1.02. The first-order valence-corrected chi connectivity index (χ1v) is 7.90. The molecule has 0 unspecified atom stereocenters. The number of piperidine rings is 1. The van der Waals surface area contributed by atoms with Gasteiger partial charge < -0.3 is 20.3 Å². The molecule has 2 fully saturated rings. The zero-order chi connectivity index (χ0) is 15.2. The molecule has 21 heavy (non-hydrogen) atoms. The van der Waals surface area contributed by atoms with E-state index in [0.29, 0.717) is 25.7 Å². The lowest BCUT2D eigenvalue weighted by atomic mass is 9.72. The quantitative estimate of drug-likeness (QED) is 0.630. The van der Waals surface area contributed by atoms with Crippen LogP contribution >= 0.6 is 0 Å². The normalized spacial score (nSPS) is 30.0. The SMILES string of the molecule is CC(=O)C[C@@H]1CC[C@H](NC(=O)C[C@H]2CCCCN2)B(O)O1. The lowest BCUT2D eigenvalue weighted by molar-refractivity contribution is -0.123. The summed E-state index contributed by atoms with van der Waals surface area (Å²) in [5, 5.41) is 16.1. The van der Waals surface area contributed by atoms with Crippen LogP contribution in [0.25, 0.3) is 0 Å². The fourth-order valence-corrected chi connectivity index (χ4v) is 3.07. The van der Waals surface area contributed by atoms with Crippen LogP contribution in [-0.2, 0) is 14.2 Å². The van der Waals surface area contributed by atoms with Crippen molar-refractivity contribution in [3.63, 3.8) is 0 Å². The first kappa shape index (κ1) is 16.5. The second kappa shape index (κ2) is 7.91. The number of Topliss-reactive ketones (excluding diaryl/α,β-unsaturated/α-hetero) is 1. The zero-order valence-corrected chi connectivity index (χ0v) is 12.6. The number of amides is 1. The summed E-state index contributed by atoms with van der Waals surface area (Å²) in [6.07, 6.45) is 5.22. The van der Waals surface area contributed by atoms with E-state index >= 15 is 0 Å². The van der Waals surface area contributed by atoms with Gasteiger partial charge in [-0.15, -0.1) is 0 Å². The molecular formula is C14H25BN2O4. The van der Waals surface area contributed by atoms with Gasteiger partial charge in [-0.2, -0.15) is 0 Å². The molecule has 6 nitrogen and oxygen atoms in total. The van der Waals surface area contributed by atoms with Crippen LogP contribution in [-0.4, -0.2) is 48.5 Å². The van der Waals surface area contributed by atoms with Crippen molar-refractivity contribution in [2.75, 3.05) is 6.54 Å². The van der Waals surface area contributed by atoms with Gasteiger partial charge in [0, 0.05) is 25.0 Å². The van der Waals surface area contributed by atoms with Crippen molar-refractivity contribution in [3.05, 3.63) is 0 Å². The van der Waals surface area contributed by atoms with Crippen LogP contribution in [0.3, 0.4) is 0 Å². The highest BCUT2D eigenvalue weighted by atomic mass is 16.5. The van der Waals surface area contributed by atoms with E-state index in [-0.39, 0.29) is 29.8 Å². The van der Waals surface area contributed by atoms with Crippen molar-refractivity contribution in [2.45, 2.75) is 70.0 Å². The summed E-state index contributed by atoms with van der Waals surface area (Å²) in [6, 6.07) is 0.242. The van der Waals surface area contributed by atoms with Gasteiger partial charge in [-0.3, -0.25) is 9.59 Å². The maximum Gasteiger partial charge on any atom is 0.478 e. The first-order valence-electron chi connectivity index (χ1n) is 7.90. The number of nitrogens with one attached hydrogen (secondary N) is 2. The average Bonchev–Trinajstić information content (AvgIpc) is 2.42. The molecule has 0 saturated carbocycles. The monoisotopic (exact) mass is 296 g/mol. The number of carbonyl (C=O) groups is 2. The largest absolute Gasteiger partial charge is 0.478 e. The molecule has 2 aliphatic rings. The Morgan fingerprint density at radius 2 is 2.10 bits per heavy atom. The lowest BCUT2D eigenvalue weighted by Gasteiger charge is -2.31. The Balaban J connectivity index is 1.72. The van der Waals surface area contributed by atoms with Crippen LogP contribution in [0.1, 0.15) is 51.9 Å². The van der Waals surface area contributed by atoms with Gasteiger partial charge in [0.05, 0.1) is 5.94 Å². The Hall–Kier alpha value is -0.915. The summed E-state index contributed by atoms with van der Waals surface area (Å²) in [4.78, 5) is 23.1. The molecule has 0 aromatic rings.